The van der Waals surface area contributed by atoms with Gasteiger partial charge in [-0.3, -0.25) is 0 Å². The van der Waals surface area contributed by atoms with Gasteiger partial charge in [0.2, 0.25) is 0 Å². The summed E-state index contributed by atoms with van der Waals surface area (Å²) < 4.78 is 0. The maximum Gasteiger partial charge on any atom is 0.0365 e. The van der Waals surface area contributed by atoms with Crippen LogP contribution in [0.15, 0.2) is 23.9 Å². The van der Waals surface area contributed by atoms with Gasteiger partial charge in [0.25, 0.3) is 0 Å². The van der Waals surface area contributed by atoms with E-state index in [4.69, 9.17) is 6.42 Å². The molecule has 0 aliphatic carbocycles. The van der Waals surface area contributed by atoms with Crippen molar-refractivity contribution >= 4 is 0 Å². The Hall–Kier alpha value is -1.16. The third kappa shape index (κ3) is 1.36. The van der Waals surface area contributed by atoms with E-state index < -0.39 is 0 Å². The molecule has 9 heavy (non-hydrogen) atoms. The van der Waals surface area contributed by atoms with E-state index >= 15 is 0 Å². The number of terminal acetylenes is 1. The number of rotatable bonds is 0. The fraction of sp³-hybridized carbons (Fsp3) is 0.250. The van der Waals surface area contributed by atoms with Crippen LogP contribution in [0.3, 0.4) is 0 Å². The number of hydrogen-bond donors (Lipinski definition) is 0. The summed E-state index contributed by atoms with van der Waals surface area (Å²) in [6.45, 7) is 0.927. The zero-order valence-corrected chi connectivity index (χ0v) is 5.46. The number of allylic oxidation sites excluding steroid dienone is 2. The summed E-state index contributed by atoms with van der Waals surface area (Å²) in [5.41, 5.74) is 0.980. The molecule has 1 nitrogen and oxygen atoms in total. The van der Waals surface area contributed by atoms with Crippen molar-refractivity contribution in [1.82, 2.24) is 4.90 Å². The molecule has 0 aromatic heterocycles. The molecule has 1 heteroatoms. The highest BCUT2D eigenvalue weighted by atomic mass is 15.1. The summed E-state index contributed by atoms with van der Waals surface area (Å²) >= 11 is 0. The highest BCUT2D eigenvalue weighted by molar-refractivity contribution is 5.37. The van der Waals surface area contributed by atoms with Crippen molar-refractivity contribution in [3.63, 3.8) is 0 Å². The zero-order valence-electron chi connectivity index (χ0n) is 5.46. The van der Waals surface area contributed by atoms with E-state index in [2.05, 4.69) is 10.8 Å². The Morgan fingerprint density at radius 1 is 1.78 bits per heavy atom. The Balaban J connectivity index is 2.66. The second kappa shape index (κ2) is 2.41. The SMILES string of the molecule is C#CC1=CCN(C)C=C1. The standard InChI is InChI=1S/C8H9N/c1-3-8-4-6-9(2)7-5-8/h1,4-6H,7H2,2H3. The van der Waals surface area contributed by atoms with Crippen molar-refractivity contribution in [3.05, 3.63) is 23.9 Å². The fourth-order valence-corrected chi connectivity index (χ4v) is 0.686. The monoisotopic (exact) mass is 119 g/mol. The van der Waals surface area contributed by atoms with Gasteiger partial charge in [0.05, 0.1) is 0 Å². The van der Waals surface area contributed by atoms with Crippen molar-refractivity contribution in [1.29, 1.82) is 0 Å². The Morgan fingerprint density at radius 3 is 3.00 bits per heavy atom. The lowest BCUT2D eigenvalue weighted by atomic mass is 10.2. The quantitative estimate of drug-likeness (QED) is 0.430. The van der Waals surface area contributed by atoms with E-state index in [1.54, 1.807) is 0 Å². The summed E-state index contributed by atoms with van der Waals surface area (Å²) in [4.78, 5) is 2.07. The Morgan fingerprint density at radius 2 is 2.56 bits per heavy atom. The van der Waals surface area contributed by atoms with Gasteiger partial charge in [-0.15, -0.1) is 6.42 Å². The smallest absolute Gasteiger partial charge is 0.0365 e. The normalized spacial score (nSPS) is 16.9. The van der Waals surface area contributed by atoms with Crippen molar-refractivity contribution < 1.29 is 0 Å². The van der Waals surface area contributed by atoms with Crippen LogP contribution < -0.4 is 0 Å². The second-order valence-corrected chi connectivity index (χ2v) is 2.06. The summed E-state index contributed by atoms with van der Waals surface area (Å²) in [5.74, 6) is 2.57. The van der Waals surface area contributed by atoms with Crippen molar-refractivity contribution in [2.45, 2.75) is 0 Å². The van der Waals surface area contributed by atoms with Gasteiger partial charge in [-0.25, -0.2) is 0 Å². The molecule has 1 aliphatic rings. The van der Waals surface area contributed by atoms with E-state index in [1.807, 2.05) is 25.4 Å². The van der Waals surface area contributed by atoms with Gasteiger partial charge in [-0.05, 0) is 12.2 Å². The molecule has 0 unspecified atom stereocenters. The van der Waals surface area contributed by atoms with Crippen molar-refractivity contribution in [3.8, 4) is 12.3 Å². The minimum atomic E-state index is 0.927. The average Bonchev–Trinajstić information content (AvgIpc) is 1.90. The molecule has 0 saturated carbocycles. The van der Waals surface area contributed by atoms with Crippen LogP contribution in [0.1, 0.15) is 0 Å². The summed E-state index contributed by atoms with van der Waals surface area (Å²) in [5, 5.41) is 0. The number of likely N-dealkylation sites (N-methyl/N-ethyl adjacent to an activating group) is 1. The van der Waals surface area contributed by atoms with E-state index in [-0.39, 0.29) is 0 Å². The van der Waals surface area contributed by atoms with E-state index in [0.717, 1.165) is 12.1 Å². The fourth-order valence-electron chi connectivity index (χ4n) is 0.686. The van der Waals surface area contributed by atoms with Crippen molar-refractivity contribution in [2.24, 2.45) is 0 Å². The van der Waals surface area contributed by atoms with Crippen LogP contribution in [-0.2, 0) is 0 Å². The van der Waals surface area contributed by atoms with Crippen LogP contribution in [0.2, 0.25) is 0 Å². The summed E-state index contributed by atoms with van der Waals surface area (Å²) in [6, 6.07) is 0. The van der Waals surface area contributed by atoms with E-state index in [0.29, 0.717) is 0 Å². The predicted molar refractivity (Wildman–Crippen MR) is 38.7 cm³/mol. The molecule has 0 saturated heterocycles. The summed E-state index contributed by atoms with van der Waals surface area (Å²) in [7, 11) is 2.01. The minimum absolute atomic E-state index is 0.927. The lowest BCUT2D eigenvalue weighted by molar-refractivity contribution is 0.503. The van der Waals surface area contributed by atoms with Gasteiger partial charge < -0.3 is 4.90 Å². The molecular formula is C8H9N. The Labute approximate surface area is 55.7 Å². The molecule has 1 aliphatic heterocycles. The molecule has 0 spiro atoms. The largest absolute Gasteiger partial charge is 0.377 e. The Bertz CT molecular complexity index is 193. The number of hydrogen-bond acceptors (Lipinski definition) is 1. The third-order valence-corrected chi connectivity index (χ3v) is 1.27. The van der Waals surface area contributed by atoms with E-state index in [1.165, 1.54) is 0 Å². The highest BCUT2D eigenvalue weighted by Gasteiger charge is 1.94. The molecule has 46 valence electrons. The van der Waals surface area contributed by atoms with Crippen LogP contribution in [0.25, 0.3) is 0 Å². The minimum Gasteiger partial charge on any atom is -0.377 e. The highest BCUT2D eigenvalue weighted by Crippen LogP contribution is 2.02. The number of nitrogens with zero attached hydrogens (tertiary/aromatic N) is 1. The second-order valence-electron chi connectivity index (χ2n) is 2.06. The first-order valence-electron chi connectivity index (χ1n) is 2.88. The van der Waals surface area contributed by atoms with Crippen LogP contribution in [0.5, 0.6) is 0 Å². The maximum atomic E-state index is 5.16. The lowest BCUT2D eigenvalue weighted by Crippen LogP contribution is -2.12. The van der Waals surface area contributed by atoms with Gasteiger partial charge in [0.15, 0.2) is 0 Å². The first kappa shape index (κ1) is 5.97. The molecule has 1 heterocycles. The van der Waals surface area contributed by atoms with Gasteiger partial charge in [0, 0.05) is 25.4 Å². The molecule has 0 amide bonds. The van der Waals surface area contributed by atoms with Crippen LogP contribution in [-0.4, -0.2) is 18.5 Å². The molecule has 0 fully saturated rings. The maximum absolute atomic E-state index is 5.16. The van der Waals surface area contributed by atoms with Gasteiger partial charge >= 0.3 is 0 Å². The molecule has 0 atom stereocenters. The summed E-state index contributed by atoms with van der Waals surface area (Å²) in [6.07, 6.45) is 11.1. The molecular weight excluding hydrogens is 110 g/mol. The van der Waals surface area contributed by atoms with E-state index in [9.17, 15) is 0 Å². The van der Waals surface area contributed by atoms with Crippen molar-refractivity contribution in [2.75, 3.05) is 13.6 Å². The molecule has 0 aromatic carbocycles. The molecule has 0 bridgehead atoms. The molecule has 0 aromatic rings. The first-order chi connectivity index (χ1) is 4.33. The molecule has 0 radical (unpaired) electrons. The predicted octanol–water partition coefficient (Wildman–Crippen LogP) is 1.01. The van der Waals surface area contributed by atoms with Crippen LogP contribution in [0.4, 0.5) is 0 Å². The third-order valence-electron chi connectivity index (χ3n) is 1.27. The molecule has 1 rings (SSSR count). The van der Waals surface area contributed by atoms with Gasteiger partial charge in [-0.1, -0.05) is 5.92 Å². The van der Waals surface area contributed by atoms with Gasteiger partial charge in [0.1, 0.15) is 0 Å². The average molecular weight is 119 g/mol. The van der Waals surface area contributed by atoms with Crippen LogP contribution >= 0.6 is 0 Å². The zero-order chi connectivity index (χ0) is 6.69. The lowest BCUT2D eigenvalue weighted by Gasteiger charge is -2.14. The van der Waals surface area contributed by atoms with Crippen LogP contribution in [0, 0.1) is 12.3 Å². The first-order valence-corrected chi connectivity index (χ1v) is 2.88. The Kier molecular flexibility index (Phi) is 1.60. The molecule has 0 N–H and O–H groups in total. The van der Waals surface area contributed by atoms with Gasteiger partial charge in [-0.2, -0.15) is 0 Å². The topological polar surface area (TPSA) is 3.24 Å².